The van der Waals surface area contributed by atoms with Crippen LogP contribution in [-0.2, 0) is 6.42 Å². The van der Waals surface area contributed by atoms with Gasteiger partial charge in [-0.05, 0) is 67.5 Å². The predicted octanol–water partition coefficient (Wildman–Crippen LogP) is 4.32. The van der Waals surface area contributed by atoms with Crippen molar-refractivity contribution in [1.29, 1.82) is 0 Å². The number of benzene rings is 2. The summed E-state index contributed by atoms with van der Waals surface area (Å²) in [5.41, 5.74) is 1.96. The number of halogens is 2. The maximum atomic E-state index is 13.2. The summed E-state index contributed by atoms with van der Waals surface area (Å²) < 4.78 is 46.0. The molecule has 1 atom stereocenters. The van der Waals surface area contributed by atoms with E-state index >= 15 is 0 Å². The summed E-state index contributed by atoms with van der Waals surface area (Å²) in [6.07, 6.45) is -0.715. The van der Waals surface area contributed by atoms with Crippen molar-refractivity contribution in [3.05, 3.63) is 47.0 Å². The van der Waals surface area contributed by atoms with Gasteiger partial charge in [0.2, 0.25) is 0 Å². The number of likely N-dealkylation sites (tertiary alicyclic amines) is 1. The minimum atomic E-state index is -3.71. The smallest absolute Gasteiger partial charge is 0.493 e. The number of piperidine rings is 1. The van der Waals surface area contributed by atoms with Crippen molar-refractivity contribution in [2.24, 2.45) is 11.8 Å². The van der Waals surface area contributed by atoms with Crippen LogP contribution in [-0.4, -0.2) is 50.2 Å². The highest BCUT2D eigenvalue weighted by Gasteiger charge is 2.43. The lowest BCUT2D eigenvalue weighted by Crippen LogP contribution is -2.39. The molecule has 0 bridgehead atoms. The Balaban J connectivity index is 1.19. The molecule has 1 saturated heterocycles. The molecule has 0 N–H and O–H groups in total. The van der Waals surface area contributed by atoms with E-state index in [1.807, 2.05) is 6.07 Å². The number of nitrogens with zero attached hydrogens (tertiary/aromatic N) is 1. The Labute approximate surface area is 195 Å². The van der Waals surface area contributed by atoms with Crippen LogP contribution >= 0.6 is 0 Å². The molecule has 34 heavy (non-hydrogen) atoms. The van der Waals surface area contributed by atoms with Crippen LogP contribution in [0.3, 0.4) is 0 Å². The first-order chi connectivity index (χ1) is 16.3. The number of fused-ring (bicyclic) bond motifs is 2. The SMILES string of the molecule is COc1cc2c(cc1OC)C(=O)C(CC1CCN(C(=O)c3ccc4c(c3)OC(F)(F)O4)CC1)C2. The van der Waals surface area contributed by atoms with Gasteiger partial charge in [-0.1, -0.05) is 0 Å². The van der Waals surface area contributed by atoms with E-state index in [9.17, 15) is 18.4 Å². The summed E-state index contributed by atoms with van der Waals surface area (Å²) in [6.45, 7) is 1.09. The number of carbonyl (C=O) groups is 2. The zero-order valence-electron chi connectivity index (χ0n) is 18.9. The highest BCUT2D eigenvalue weighted by atomic mass is 19.3. The number of rotatable bonds is 5. The van der Waals surface area contributed by atoms with Gasteiger partial charge >= 0.3 is 6.29 Å². The Bertz CT molecular complexity index is 1140. The molecule has 7 nitrogen and oxygen atoms in total. The van der Waals surface area contributed by atoms with E-state index in [1.165, 1.54) is 18.2 Å². The van der Waals surface area contributed by atoms with E-state index in [1.54, 1.807) is 25.2 Å². The summed E-state index contributed by atoms with van der Waals surface area (Å²) in [5.74, 6) is 1.08. The number of hydrogen-bond acceptors (Lipinski definition) is 6. The normalized spacial score (nSPS) is 20.9. The lowest BCUT2D eigenvalue weighted by atomic mass is 9.85. The zero-order chi connectivity index (χ0) is 24.0. The number of ketones is 1. The van der Waals surface area contributed by atoms with Crippen molar-refractivity contribution in [1.82, 2.24) is 4.90 Å². The molecular formula is C25H25F2NO6. The van der Waals surface area contributed by atoms with Crippen LogP contribution in [0.15, 0.2) is 30.3 Å². The number of carbonyl (C=O) groups excluding carboxylic acids is 2. The zero-order valence-corrected chi connectivity index (χ0v) is 18.9. The monoisotopic (exact) mass is 473 g/mol. The molecule has 0 radical (unpaired) electrons. The maximum Gasteiger partial charge on any atom is 0.586 e. The van der Waals surface area contributed by atoms with Crippen LogP contribution in [0.5, 0.6) is 23.0 Å². The fourth-order valence-corrected chi connectivity index (χ4v) is 5.13. The summed E-state index contributed by atoms with van der Waals surface area (Å²) in [6, 6.07) is 7.73. The van der Waals surface area contributed by atoms with Gasteiger partial charge in [0.1, 0.15) is 0 Å². The molecule has 1 amide bonds. The lowest BCUT2D eigenvalue weighted by Gasteiger charge is -2.33. The first-order valence-electron chi connectivity index (χ1n) is 11.3. The minimum absolute atomic E-state index is 0.0854. The molecular weight excluding hydrogens is 448 g/mol. The van der Waals surface area contributed by atoms with E-state index in [-0.39, 0.29) is 34.7 Å². The third-order valence-electron chi connectivity index (χ3n) is 6.88. The minimum Gasteiger partial charge on any atom is -0.493 e. The van der Waals surface area contributed by atoms with Gasteiger partial charge < -0.3 is 23.8 Å². The Morgan fingerprint density at radius 2 is 1.74 bits per heavy atom. The van der Waals surface area contributed by atoms with Gasteiger partial charge in [0.25, 0.3) is 5.91 Å². The first-order valence-corrected chi connectivity index (χ1v) is 11.3. The molecule has 1 aliphatic carbocycles. The Morgan fingerprint density at radius 3 is 2.44 bits per heavy atom. The van der Waals surface area contributed by atoms with Crippen molar-refractivity contribution in [2.75, 3.05) is 27.3 Å². The molecule has 1 unspecified atom stereocenters. The van der Waals surface area contributed by atoms with E-state index in [0.29, 0.717) is 42.5 Å². The van der Waals surface area contributed by atoms with Gasteiger partial charge in [-0.2, -0.15) is 0 Å². The topological polar surface area (TPSA) is 74.3 Å². The molecule has 9 heteroatoms. The number of ether oxygens (including phenoxy) is 4. The van der Waals surface area contributed by atoms with Crippen molar-refractivity contribution in [3.8, 4) is 23.0 Å². The second-order valence-electron chi connectivity index (χ2n) is 8.93. The van der Waals surface area contributed by atoms with Gasteiger partial charge in [0.05, 0.1) is 14.2 Å². The summed E-state index contributed by atoms with van der Waals surface area (Å²) in [7, 11) is 3.13. The van der Waals surface area contributed by atoms with Crippen LogP contribution in [0, 0.1) is 11.8 Å². The fraction of sp³-hybridized carbons (Fsp3) is 0.440. The number of amides is 1. The quantitative estimate of drug-likeness (QED) is 0.644. The third kappa shape index (κ3) is 4.03. The highest BCUT2D eigenvalue weighted by Crippen LogP contribution is 2.42. The van der Waals surface area contributed by atoms with E-state index in [2.05, 4.69) is 9.47 Å². The predicted molar refractivity (Wildman–Crippen MR) is 117 cm³/mol. The van der Waals surface area contributed by atoms with E-state index in [4.69, 9.17) is 9.47 Å². The van der Waals surface area contributed by atoms with Gasteiger partial charge in [0.15, 0.2) is 28.8 Å². The largest absolute Gasteiger partial charge is 0.586 e. The molecule has 1 fully saturated rings. The van der Waals surface area contributed by atoms with Crippen LogP contribution in [0.2, 0.25) is 0 Å². The van der Waals surface area contributed by atoms with Crippen LogP contribution < -0.4 is 18.9 Å². The number of methoxy groups -OCH3 is 2. The molecule has 2 aliphatic heterocycles. The van der Waals surface area contributed by atoms with E-state index in [0.717, 1.165) is 24.8 Å². The van der Waals surface area contributed by atoms with Gasteiger partial charge in [-0.3, -0.25) is 9.59 Å². The average Bonchev–Trinajstić information content (AvgIpc) is 3.31. The van der Waals surface area contributed by atoms with Crippen molar-refractivity contribution in [3.63, 3.8) is 0 Å². The average molecular weight is 473 g/mol. The van der Waals surface area contributed by atoms with Crippen LogP contribution in [0.1, 0.15) is 45.5 Å². The lowest BCUT2D eigenvalue weighted by molar-refractivity contribution is -0.286. The third-order valence-corrected chi connectivity index (χ3v) is 6.88. The summed E-state index contributed by atoms with van der Waals surface area (Å²) >= 11 is 0. The number of hydrogen-bond donors (Lipinski definition) is 0. The number of Topliss-reactive ketones (excluding diaryl/α,β-unsaturated/α-hetero) is 1. The first kappa shape index (κ1) is 22.4. The van der Waals surface area contributed by atoms with Crippen molar-refractivity contribution >= 4 is 11.7 Å². The van der Waals surface area contributed by atoms with Gasteiger partial charge in [0, 0.05) is 30.1 Å². The summed E-state index contributed by atoms with van der Waals surface area (Å²) in [4.78, 5) is 27.6. The summed E-state index contributed by atoms with van der Waals surface area (Å²) in [5, 5.41) is 0. The molecule has 0 aromatic heterocycles. The molecule has 5 rings (SSSR count). The van der Waals surface area contributed by atoms with Gasteiger partial charge in [-0.15, -0.1) is 8.78 Å². The molecule has 2 aromatic rings. The molecule has 2 aromatic carbocycles. The molecule has 180 valence electrons. The Hall–Kier alpha value is -3.36. The second-order valence-corrected chi connectivity index (χ2v) is 8.93. The Kier molecular flexibility index (Phi) is 5.58. The fourth-order valence-electron chi connectivity index (χ4n) is 5.13. The van der Waals surface area contributed by atoms with Crippen molar-refractivity contribution < 1.29 is 37.3 Å². The second kappa shape index (κ2) is 8.45. The molecule has 3 aliphatic rings. The molecule has 0 saturated carbocycles. The van der Waals surface area contributed by atoms with E-state index < -0.39 is 6.29 Å². The standard InChI is InChI=1S/C25H25F2NO6/c1-31-20-12-16-10-17(23(29)18(16)13-21(20)32-2)9-14-5-7-28(8-6-14)24(30)15-3-4-19-22(11-15)34-25(26,27)33-19/h3-4,11-14,17H,5-10H2,1-2H3. The maximum absolute atomic E-state index is 13.2. The van der Waals surface area contributed by atoms with Crippen molar-refractivity contribution in [2.45, 2.75) is 32.0 Å². The Morgan fingerprint density at radius 1 is 1.06 bits per heavy atom. The number of alkyl halides is 2. The molecule has 2 heterocycles. The highest BCUT2D eigenvalue weighted by molar-refractivity contribution is 6.03. The van der Waals surface area contributed by atoms with Crippen LogP contribution in [0.25, 0.3) is 0 Å². The van der Waals surface area contributed by atoms with Gasteiger partial charge in [-0.25, -0.2) is 0 Å². The van der Waals surface area contributed by atoms with Crippen LogP contribution in [0.4, 0.5) is 8.78 Å². The molecule has 0 spiro atoms.